The van der Waals surface area contributed by atoms with Gasteiger partial charge in [-0.05, 0) is 38.3 Å². The first kappa shape index (κ1) is 10.4. The molecule has 0 spiro atoms. The number of rotatable bonds is 5. The van der Waals surface area contributed by atoms with Crippen molar-refractivity contribution in [3.63, 3.8) is 0 Å². The van der Waals surface area contributed by atoms with Crippen molar-refractivity contribution in [3.8, 4) is 0 Å². The van der Waals surface area contributed by atoms with E-state index in [-0.39, 0.29) is 0 Å². The number of nitrogens with zero attached hydrogens (tertiary/aromatic N) is 1. The summed E-state index contributed by atoms with van der Waals surface area (Å²) >= 11 is 0. The lowest BCUT2D eigenvalue weighted by Gasteiger charge is -2.09. The Labute approximate surface area is 91.3 Å². The molecule has 0 radical (unpaired) electrons. The largest absolute Gasteiger partial charge is 0.368 e. The van der Waals surface area contributed by atoms with Crippen LogP contribution in [0.2, 0.25) is 0 Å². The van der Waals surface area contributed by atoms with Gasteiger partial charge in [0.25, 0.3) is 0 Å². The molecule has 0 bridgehead atoms. The van der Waals surface area contributed by atoms with Crippen LogP contribution in [0.3, 0.4) is 0 Å². The Hall–Kier alpha value is -1.09. The Balaban J connectivity index is 1.85. The Morgan fingerprint density at radius 2 is 2.20 bits per heavy atom. The van der Waals surface area contributed by atoms with E-state index in [0.29, 0.717) is 6.04 Å². The highest BCUT2D eigenvalue weighted by atomic mass is 15.0. The van der Waals surface area contributed by atoms with Gasteiger partial charge in [-0.1, -0.05) is 6.07 Å². The molecule has 0 saturated heterocycles. The van der Waals surface area contributed by atoms with Crippen molar-refractivity contribution in [2.45, 2.75) is 45.3 Å². The summed E-state index contributed by atoms with van der Waals surface area (Å²) in [6.07, 6.45) is 4.61. The van der Waals surface area contributed by atoms with E-state index in [1.165, 1.54) is 18.4 Å². The molecule has 82 valence electrons. The van der Waals surface area contributed by atoms with E-state index in [1.54, 1.807) is 0 Å². The first-order valence-electron chi connectivity index (χ1n) is 5.69. The van der Waals surface area contributed by atoms with Gasteiger partial charge in [0.05, 0.1) is 0 Å². The SMILES string of the molecule is CC(C)Nc1ccc(CNC2CC2)cn1. The summed E-state index contributed by atoms with van der Waals surface area (Å²) in [7, 11) is 0. The summed E-state index contributed by atoms with van der Waals surface area (Å²) in [6, 6.07) is 5.38. The third-order valence-electron chi connectivity index (χ3n) is 2.43. The molecule has 2 N–H and O–H groups in total. The Bertz CT molecular complexity index is 301. The maximum absolute atomic E-state index is 4.37. The average molecular weight is 205 g/mol. The van der Waals surface area contributed by atoms with Gasteiger partial charge in [-0.25, -0.2) is 4.98 Å². The highest BCUT2D eigenvalue weighted by Crippen LogP contribution is 2.19. The van der Waals surface area contributed by atoms with Crippen LogP contribution in [0.25, 0.3) is 0 Å². The fourth-order valence-corrected chi connectivity index (χ4v) is 1.46. The maximum Gasteiger partial charge on any atom is 0.126 e. The minimum atomic E-state index is 0.438. The number of pyridine rings is 1. The molecule has 0 aliphatic heterocycles. The molecule has 0 atom stereocenters. The molecule has 1 aliphatic carbocycles. The number of hydrogen-bond donors (Lipinski definition) is 2. The number of aromatic nitrogens is 1. The van der Waals surface area contributed by atoms with Crippen LogP contribution in [0.15, 0.2) is 18.3 Å². The fourth-order valence-electron chi connectivity index (χ4n) is 1.46. The van der Waals surface area contributed by atoms with Gasteiger partial charge in [0, 0.05) is 24.8 Å². The van der Waals surface area contributed by atoms with Gasteiger partial charge in [-0.3, -0.25) is 0 Å². The van der Waals surface area contributed by atoms with Crippen LogP contribution < -0.4 is 10.6 Å². The van der Waals surface area contributed by atoms with Gasteiger partial charge in [-0.2, -0.15) is 0 Å². The second-order valence-corrected chi connectivity index (χ2v) is 4.51. The highest BCUT2D eigenvalue weighted by molar-refractivity contribution is 5.36. The minimum Gasteiger partial charge on any atom is -0.368 e. The fraction of sp³-hybridized carbons (Fsp3) is 0.583. The van der Waals surface area contributed by atoms with Crippen molar-refractivity contribution >= 4 is 5.82 Å². The summed E-state index contributed by atoms with van der Waals surface area (Å²) in [4.78, 5) is 4.37. The van der Waals surface area contributed by atoms with E-state index in [2.05, 4.69) is 35.5 Å². The first-order chi connectivity index (χ1) is 7.24. The molecule has 1 fully saturated rings. The molecule has 0 unspecified atom stereocenters. The van der Waals surface area contributed by atoms with Crippen LogP contribution in [0, 0.1) is 0 Å². The van der Waals surface area contributed by atoms with Gasteiger partial charge in [-0.15, -0.1) is 0 Å². The molecule has 1 aromatic heterocycles. The molecular weight excluding hydrogens is 186 g/mol. The van der Waals surface area contributed by atoms with E-state index in [0.717, 1.165) is 18.4 Å². The van der Waals surface area contributed by atoms with Crippen LogP contribution in [0.1, 0.15) is 32.3 Å². The predicted molar refractivity (Wildman–Crippen MR) is 62.9 cm³/mol. The lowest BCUT2D eigenvalue weighted by Crippen LogP contribution is -2.16. The monoisotopic (exact) mass is 205 g/mol. The van der Waals surface area contributed by atoms with Gasteiger partial charge in [0.2, 0.25) is 0 Å². The number of hydrogen-bond acceptors (Lipinski definition) is 3. The molecular formula is C12H19N3. The summed E-state index contributed by atoms with van der Waals surface area (Å²) in [5, 5.41) is 6.75. The van der Waals surface area contributed by atoms with Crippen molar-refractivity contribution in [2.24, 2.45) is 0 Å². The average Bonchev–Trinajstić information content (AvgIpc) is 2.99. The zero-order valence-electron chi connectivity index (χ0n) is 9.46. The van der Waals surface area contributed by atoms with Crippen molar-refractivity contribution in [2.75, 3.05) is 5.32 Å². The van der Waals surface area contributed by atoms with Crippen LogP contribution in [0.4, 0.5) is 5.82 Å². The van der Waals surface area contributed by atoms with Gasteiger partial charge >= 0.3 is 0 Å². The van der Waals surface area contributed by atoms with Crippen LogP contribution in [-0.4, -0.2) is 17.1 Å². The van der Waals surface area contributed by atoms with E-state index >= 15 is 0 Å². The molecule has 1 heterocycles. The lowest BCUT2D eigenvalue weighted by molar-refractivity contribution is 0.686. The molecule has 1 saturated carbocycles. The zero-order valence-corrected chi connectivity index (χ0v) is 9.46. The normalized spacial score (nSPS) is 15.7. The predicted octanol–water partition coefficient (Wildman–Crippen LogP) is 2.15. The number of anilines is 1. The highest BCUT2D eigenvalue weighted by Gasteiger charge is 2.19. The molecule has 0 aromatic carbocycles. The standard InChI is InChI=1S/C12H19N3/c1-9(2)15-12-6-3-10(8-14-12)7-13-11-4-5-11/h3,6,8-9,11,13H,4-5,7H2,1-2H3,(H,14,15). The van der Waals surface area contributed by atoms with Crippen LogP contribution in [-0.2, 0) is 6.54 Å². The molecule has 1 aliphatic rings. The van der Waals surface area contributed by atoms with E-state index in [1.807, 2.05) is 12.3 Å². The molecule has 3 heteroatoms. The first-order valence-corrected chi connectivity index (χ1v) is 5.69. The third kappa shape index (κ3) is 3.51. The molecule has 0 amide bonds. The topological polar surface area (TPSA) is 37.0 Å². The quantitative estimate of drug-likeness (QED) is 0.773. The second-order valence-electron chi connectivity index (χ2n) is 4.51. The summed E-state index contributed by atoms with van der Waals surface area (Å²) < 4.78 is 0. The Morgan fingerprint density at radius 3 is 2.73 bits per heavy atom. The molecule has 1 aromatic rings. The van der Waals surface area contributed by atoms with E-state index < -0.39 is 0 Å². The molecule has 15 heavy (non-hydrogen) atoms. The maximum atomic E-state index is 4.37. The number of nitrogens with one attached hydrogen (secondary N) is 2. The van der Waals surface area contributed by atoms with Crippen molar-refractivity contribution in [3.05, 3.63) is 23.9 Å². The molecule has 3 nitrogen and oxygen atoms in total. The third-order valence-corrected chi connectivity index (χ3v) is 2.43. The van der Waals surface area contributed by atoms with E-state index in [4.69, 9.17) is 0 Å². The van der Waals surface area contributed by atoms with Gasteiger partial charge in [0.15, 0.2) is 0 Å². The van der Waals surface area contributed by atoms with Crippen molar-refractivity contribution in [1.82, 2.24) is 10.3 Å². The van der Waals surface area contributed by atoms with Crippen LogP contribution in [0.5, 0.6) is 0 Å². The Kier molecular flexibility index (Phi) is 3.21. The van der Waals surface area contributed by atoms with Gasteiger partial charge < -0.3 is 10.6 Å². The van der Waals surface area contributed by atoms with Crippen LogP contribution >= 0.6 is 0 Å². The van der Waals surface area contributed by atoms with Gasteiger partial charge in [0.1, 0.15) is 5.82 Å². The lowest BCUT2D eigenvalue weighted by atomic mass is 10.2. The Morgan fingerprint density at radius 1 is 1.40 bits per heavy atom. The van der Waals surface area contributed by atoms with Crippen molar-refractivity contribution < 1.29 is 0 Å². The summed E-state index contributed by atoms with van der Waals surface area (Å²) in [5.74, 6) is 0.958. The molecule has 2 rings (SSSR count). The van der Waals surface area contributed by atoms with E-state index in [9.17, 15) is 0 Å². The summed E-state index contributed by atoms with van der Waals surface area (Å²) in [6.45, 7) is 5.17. The minimum absolute atomic E-state index is 0.438. The summed E-state index contributed by atoms with van der Waals surface area (Å²) in [5.41, 5.74) is 1.26. The second kappa shape index (κ2) is 4.62. The zero-order chi connectivity index (χ0) is 10.7. The van der Waals surface area contributed by atoms with Crippen molar-refractivity contribution in [1.29, 1.82) is 0 Å². The smallest absolute Gasteiger partial charge is 0.126 e.